The lowest BCUT2D eigenvalue weighted by molar-refractivity contribution is -0.144. The van der Waals surface area contributed by atoms with Crippen LogP contribution in [-0.4, -0.2) is 47.2 Å². The van der Waals surface area contributed by atoms with Crippen molar-refractivity contribution < 1.29 is 19.4 Å². The first-order valence-corrected chi connectivity index (χ1v) is 6.03. The predicted octanol–water partition coefficient (Wildman–Crippen LogP) is 1.12. The van der Waals surface area contributed by atoms with Gasteiger partial charge in [-0.2, -0.15) is 0 Å². The Kier molecular flexibility index (Phi) is 4.93. The Balaban J connectivity index is 2.43. The Morgan fingerprint density at radius 1 is 1.29 bits per heavy atom. The molecule has 5 heteroatoms. The molecule has 1 amide bonds. The largest absolute Gasteiger partial charge is 0.481 e. The number of carboxylic acid groups (broad SMARTS) is 1. The van der Waals surface area contributed by atoms with E-state index in [0.29, 0.717) is 19.5 Å². The number of hydrogen-bond acceptors (Lipinski definition) is 3. The van der Waals surface area contributed by atoms with Crippen molar-refractivity contribution in [1.82, 2.24) is 4.90 Å². The fourth-order valence-corrected chi connectivity index (χ4v) is 2.18. The second kappa shape index (κ2) is 6.00. The number of carbonyl (C=O) groups is 2. The summed E-state index contributed by atoms with van der Waals surface area (Å²) in [4.78, 5) is 24.3. The van der Waals surface area contributed by atoms with Gasteiger partial charge >= 0.3 is 5.97 Å². The molecule has 1 rings (SSSR count). The molecule has 1 N–H and O–H groups in total. The highest BCUT2D eigenvalue weighted by Gasteiger charge is 2.26. The molecular formula is C12H21NO4. The summed E-state index contributed by atoms with van der Waals surface area (Å²) < 4.78 is 5.55. The minimum Gasteiger partial charge on any atom is -0.481 e. The van der Waals surface area contributed by atoms with Gasteiger partial charge in [-0.05, 0) is 19.8 Å². The molecule has 1 heterocycles. The van der Waals surface area contributed by atoms with E-state index in [1.165, 1.54) is 0 Å². The average Bonchev–Trinajstić information content (AvgIpc) is 2.14. The van der Waals surface area contributed by atoms with Crippen molar-refractivity contribution in [2.45, 2.75) is 45.8 Å². The fraction of sp³-hybridized carbons (Fsp3) is 0.833. The van der Waals surface area contributed by atoms with Gasteiger partial charge in [-0.3, -0.25) is 9.59 Å². The molecule has 1 fully saturated rings. The Labute approximate surface area is 102 Å². The first-order valence-electron chi connectivity index (χ1n) is 6.03. The number of hydrogen-bond donors (Lipinski definition) is 1. The zero-order valence-electron chi connectivity index (χ0n) is 10.7. The van der Waals surface area contributed by atoms with Crippen LogP contribution in [0.25, 0.3) is 0 Å². The van der Waals surface area contributed by atoms with Crippen LogP contribution in [0, 0.1) is 5.92 Å². The van der Waals surface area contributed by atoms with E-state index in [2.05, 4.69) is 0 Å². The Bertz CT molecular complexity index is 282. The highest BCUT2D eigenvalue weighted by Crippen LogP contribution is 2.15. The van der Waals surface area contributed by atoms with Crippen LogP contribution in [0.2, 0.25) is 0 Å². The van der Waals surface area contributed by atoms with Crippen LogP contribution < -0.4 is 0 Å². The van der Waals surface area contributed by atoms with E-state index >= 15 is 0 Å². The van der Waals surface area contributed by atoms with Crippen molar-refractivity contribution in [3.8, 4) is 0 Å². The van der Waals surface area contributed by atoms with E-state index in [4.69, 9.17) is 9.84 Å². The van der Waals surface area contributed by atoms with E-state index in [1.807, 2.05) is 13.8 Å². The summed E-state index contributed by atoms with van der Waals surface area (Å²) in [5, 5.41) is 8.65. The van der Waals surface area contributed by atoms with Gasteiger partial charge in [-0.25, -0.2) is 0 Å². The minimum absolute atomic E-state index is 0.0285. The molecule has 0 aromatic carbocycles. The predicted molar refractivity (Wildman–Crippen MR) is 62.6 cm³/mol. The molecule has 0 aliphatic carbocycles. The van der Waals surface area contributed by atoms with Crippen LogP contribution in [0.15, 0.2) is 0 Å². The average molecular weight is 243 g/mol. The van der Waals surface area contributed by atoms with Crippen LogP contribution in [0.3, 0.4) is 0 Å². The third-order valence-electron chi connectivity index (χ3n) is 2.82. The number of aliphatic carboxylic acids is 1. The maximum Gasteiger partial charge on any atom is 0.303 e. The highest BCUT2D eigenvalue weighted by atomic mass is 16.5. The summed E-state index contributed by atoms with van der Waals surface area (Å²) in [6.45, 7) is 6.87. The number of nitrogens with zero attached hydrogens (tertiary/aromatic N) is 1. The standard InChI is InChI=1S/C12H21NO4/c1-8(5-12(15)16)4-11(14)13-6-9(2)17-10(3)7-13/h8-10H,4-7H2,1-3H3,(H,15,16)/t8-,9+,10+/m0/s1. The molecule has 0 spiro atoms. The van der Waals surface area contributed by atoms with Crippen LogP contribution in [0.5, 0.6) is 0 Å². The second-order valence-electron chi connectivity index (χ2n) is 4.96. The molecule has 0 saturated carbocycles. The molecule has 0 aromatic rings. The van der Waals surface area contributed by atoms with Gasteiger partial charge in [-0.15, -0.1) is 0 Å². The van der Waals surface area contributed by atoms with Gasteiger partial charge < -0.3 is 14.7 Å². The third-order valence-corrected chi connectivity index (χ3v) is 2.82. The van der Waals surface area contributed by atoms with Crippen LogP contribution in [0.1, 0.15) is 33.6 Å². The lowest BCUT2D eigenvalue weighted by Gasteiger charge is -2.35. The lowest BCUT2D eigenvalue weighted by atomic mass is 10.0. The maximum absolute atomic E-state index is 12.0. The monoisotopic (exact) mass is 243 g/mol. The number of carbonyl (C=O) groups excluding carboxylic acids is 1. The molecule has 3 atom stereocenters. The van der Waals surface area contributed by atoms with Gasteiger partial charge in [0.25, 0.3) is 0 Å². The van der Waals surface area contributed by atoms with Crippen molar-refractivity contribution in [2.75, 3.05) is 13.1 Å². The van der Waals surface area contributed by atoms with Gasteiger partial charge in [0.2, 0.25) is 5.91 Å². The molecule has 98 valence electrons. The van der Waals surface area contributed by atoms with Crippen LogP contribution in [0.4, 0.5) is 0 Å². The molecule has 0 unspecified atom stereocenters. The molecule has 1 aliphatic rings. The minimum atomic E-state index is -0.853. The summed E-state index contributed by atoms with van der Waals surface area (Å²) in [5.41, 5.74) is 0. The van der Waals surface area contributed by atoms with Crippen LogP contribution >= 0.6 is 0 Å². The van der Waals surface area contributed by atoms with E-state index in [9.17, 15) is 9.59 Å². The number of amides is 1. The lowest BCUT2D eigenvalue weighted by Crippen LogP contribution is -2.48. The molecule has 0 radical (unpaired) electrons. The number of carboxylic acids is 1. The molecular weight excluding hydrogens is 222 g/mol. The first kappa shape index (κ1) is 14.0. The summed E-state index contributed by atoms with van der Waals surface area (Å²) >= 11 is 0. The van der Waals surface area contributed by atoms with Gasteiger partial charge in [0.15, 0.2) is 0 Å². The topological polar surface area (TPSA) is 66.8 Å². The maximum atomic E-state index is 12.0. The van der Waals surface area contributed by atoms with Crippen molar-refractivity contribution in [1.29, 1.82) is 0 Å². The zero-order chi connectivity index (χ0) is 13.0. The van der Waals surface area contributed by atoms with Gasteiger partial charge in [-0.1, -0.05) is 6.92 Å². The van der Waals surface area contributed by atoms with E-state index in [-0.39, 0.29) is 30.5 Å². The Hall–Kier alpha value is -1.10. The molecule has 17 heavy (non-hydrogen) atoms. The quantitative estimate of drug-likeness (QED) is 0.803. The Morgan fingerprint density at radius 2 is 1.82 bits per heavy atom. The third kappa shape index (κ3) is 4.73. The van der Waals surface area contributed by atoms with Gasteiger partial charge in [0.1, 0.15) is 0 Å². The van der Waals surface area contributed by atoms with Gasteiger partial charge in [0.05, 0.1) is 12.2 Å². The summed E-state index contributed by atoms with van der Waals surface area (Å²) in [6, 6.07) is 0. The highest BCUT2D eigenvalue weighted by molar-refractivity contribution is 5.77. The number of ether oxygens (including phenoxy) is 1. The molecule has 1 aliphatic heterocycles. The SMILES string of the molecule is C[C@H](CC(=O)O)CC(=O)N1C[C@@H](C)O[C@H](C)C1. The zero-order valence-corrected chi connectivity index (χ0v) is 10.7. The summed E-state index contributed by atoms with van der Waals surface area (Å²) in [5.74, 6) is -0.941. The molecule has 0 aromatic heterocycles. The van der Waals surface area contributed by atoms with Crippen LogP contribution in [-0.2, 0) is 14.3 Å². The van der Waals surface area contributed by atoms with Crippen molar-refractivity contribution in [3.05, 3.63) is 0 Å². The summed E-state index contributed by atoms with van der Waals surface area (Å²) in [7, 11) is 0. The fourth-order valence-electron chi connectivity index (χ4n) is 2.18. The van der Waals surface area contributed by atoms with E-state index in [0.717, 1.165) is 0 Å². The normalized spacial score (nSPS) is 26.6. The molecule has 1 saturated heterocycles. The van der Waals surface area contributed by atoms with Crippen molar-refractivity contribution in [3.63, 3.8) is 0 Å². The van der Waals surface area contributed by atoms with E-state index < -0.39 is 5.97 Å². The van der Waals surface area contributed by atoms with Gasteiger partial charge in [0, 0.05) is 25.9 Å². The smallest absolute Gasteiger partial charge is 0.303 e. The molecule has 5 nitrogen and oxygen atoms in total. The van der Waals surface area contributed by atoms with Crippen molar-refractivity contribution >= 4 is 11.9 Å². The first-order chi connectivity index (χ1) is 7.88. The van der Waals surface area contributed by atoms with E-state index in [1.54, 1.807) is 11.8 Å². The second-order valence-corrected chi connectivity index (χ2v) is 4.96. The summed E-state index contributed by atoms with van der Waals surface area (Å²) in [6.07, 6.45) is 0.447. The number of morpholine rings is 1. The molecule has 0 bridgehead atoms. The number of rotatable bonds is 4. The Morgan fingerprint density at radius 3 is 2.29 bits per heavy atom. The van der Waals surface area contributed by atoms with Crippen molar-refractivity contribution in [2.24, 2.45) is 5.92 Å².